The summed E-state index contributed by atoms with van der Waals surface area (Å²) in [5.41, 5.74) is 2.04. The number of benzene rings is 1. The molecule has 0 atom stereocenters. The molecule has 0 bridgehead atoms. The predicted molar refractivity (Wildman–Crippen MR) is 119 cm³/mol. The maximum Gasteiger partial charge on any atom is 0.348 e. The molecule has 9 nitrogen and oxygen atoms in total. The van der Waals surface area contributed by atoms with Gasteiger partial charge in [0, 0.05) is 70.9 Å². The van der Waals surface area contributed by atoms with Crippen LogP contribution in [-0.2, 0) is 16.6 Å². The van der Waals surface area contributed by atoms with Crippen molar-refractivity contribution in [2.24, 2.45) is 7.05 Å². The molecule has 4 heterocycles. The van der Waals surface area contributed by atoms with Gasteiger partial charge in [-0.15, -0.1) is 0 Å². The predicted octanol–water partition coefficient (Wildman–Crippen LogP) is 0.389. The van der Waals surface area contributed by atoms with Gasteiger partial charge in [-0.1, -0.05) is 0 Å². The number of piperidine rings is 2. The molecule has 0 unspecified atom stereocenters. The maximum absolute atomic E-state index is 12.9. The van der Waals surface area contributed by atoms with Crippen LogP contribution in [0, 0.1) is 0 Å². The van der Waals surface area contributed by atoms with E-state index in [1.165, 1.54) is 9.24 Å². The molecule has 0 saturated carbocycles. The number of amides is 2. The van der Waals surface area contributed by atoms with Crippen LogP contribution in [0.1, 0.15) is 32.1 Å². The molecule has 1 aromatic carbocycles. The van der Waals surface area contributed by atoms with Crippen molar-refractivity contribution in [1.82, 2.24) is 19.5 Å². The third-order valence-corrected chi connectivity index (χ3v) is 6.97. The first-order chi connectivity index (χ1) is 15.0. The molecule has 5 rings (SSSR count). The normalized spacial score (nSPS) is 22.0. The van der Waals surface area contributed by atoms with Gasteiger partial charge >= 0.3 is 5.69 Å². The minimum atomic E-state index is -0.367. The molecule has 3 fully saturated rings. The van der Waals surface area contributed by atoms with E-state index in [0.717, 1.165) is 68.3 Å². The number of carbonyl (C=O) groups excluding carboxylic acids is 2. The number of hydrogen-bond donors (Lipinski definition) is 1. The topological polar surface area (TPSA) is 82.8 Å². The van der Waals surface area contributed by atoms with Crippen LogP contribution in [0.15, 0.2) is 23.0 Å². The lowest BCUT2D eigenvalue weighted by Gasteiger charge is -2.41. The Kier molecular flexibility index (Phi) is 5.31. The van der Waals surface area contributed by atoms with Crippen molar-refractivity contribution in [3.63, 3.8) is 0 Å². The lowest BCUT2D eigenvalue weighted by molar-refractivity contribution is -0.131. The Bertz CT molecular complexity index is 1040. The third kappa shape index (κ3) is 3.55. The summed E-state index contributed by atoms with van der Waals surface area (Å²) in [4.78, 5) is 42.7. The summed E-state index contributed by atoms with van der Waals surface area (Å²) in [6.07, 6.45) is 3.38. The number of hydrogen-bond acceptors (Lipinski definition) is 6. The van der Waals surface area contributed by atoms with Gasteiger partial charge in [-0.05, 0) is 37.5 Å². The number of imidazole rings is 1. The van der Waals surface area contributed by atoms with E-state index in [1.807, 2.05) is 18.2 Å². The standard InChI is InChI=1S/C22H30N6O3/c1-24-19-15-17(25-11-7-16(8-12-25)26-13-9-23-10-14-26)5-6-18(19)27(22(24)31)28-20(29)3-2-4-21(28)30/h5-6,15-16,23H,2-4,7-14H2,1H3. The van der Waals surface area contributed by atoms with Crippen molar-refractivity contribution < 1.29 is 9.59 Å². The fourth-order valence-electron chi connectivity index (χ4n) is 5.20. The van der Waals surface area contributed by atoms with Crippen LogP contribution in [-0.4, -0.2) is 71.3 Å². The molecule has 1 N–H and O–H groups in total. The second-order valence-corrected chi connectivity index (χ2v) is 8.78. The van der Waals surface area contributed by atoms with Gasteiger partial charge in [0.25, 0.3) is 0 Å². The molecule has 0 radical (unpaired) electrons. The fraction of sp³-hybridized carbons (Fsp3) is 0.591. The maximum atomic E-state index is 12.9. The van der Waals surface area contributed by atoms with Crippen molar-refractivity contribution >= 4 is 28.5 Å². The fourth-order valence-corrected chi connectivity index (χ4v) is 5.20. The summed E-state index contributed by atoms with van der Waals surface area (Å²) in [5.74, 6) is -0.630. The number of imide groups is 1. The monoisotopic (exact) mass is 426 g/mol. The van der Waals surface area contributed by atoms with Gasteiger partial charge < -0.3 is 10.2 Å². The average Bonchev–Trinajstić information content (AvgIpc) is 3.04. The number of aryl methyl sites for hydroxylation is 1. The van der Waals surface area contributed by atoms with E-state index in [-0.39, 0.29) is 30.3 Å². The minimum Gasteiger partial charge on any atom is -0.371 e. The number of anilines is 1. The van der Waals surface area contributed by atoms with E-state index in [9.17, 15) is 14.4 Å². The van der Waals surface area contributed by atoms with Gasteiger partial charge in [0.1, 0.15) is 0 Å². The van der Waals surface area contributed by atoms with Crippen LogP contribution in [0.2, 0.25) is 0 Å². The molecule has 166 valence electrons. The molecule has 3 saturated heterocycles. The highest BCUT2D eigenvalue weighted by atomic mass is 16.2. The van der Waals surface area contributed by atoms with Gasteiger partial charge in [-0.3, -0.25) is 19.1 Å². The molecule has 1 aromatic heterocycles. The van der Waals surface area contributed by atoms with Crippen molar-refractivity contribution in [3.05, 3.63) is 28.7 Å². The zero-order chi connectivity index (χ0) is 21.5. The summed E-state index contributed by atoms with van der Waals surface area (Å²) < 4.78 is 2.78. The van der Waals surface area contributed by atoms with Crippen LogP contribution in [0.4, 0.5) is 5.69 Å². The number of aromatic nitrogens is 2. The number of carbonyl (C=O) groups is 2. The Morgan fingerprint density at radius 3 is 2.26 bits per heavy atom. The molecule has 3 aliphatic rings. The van der Waals surface area contributed by atoms with Crippen LogP contribution < -0.4 is 20.9 Å². The van der Waals surface area contributed by atoms with Gasteiger partial charge in [-0.2, -0.15) is 9.69 Å². The largest absolute Gasteiger partial charge is 0.371 e. The second kappa shape index (κ2) is 8.12. The first-order valence-electron chi connectivity index (χ1n) is 11.3. The molecule has 0 aliphatic carbocycles. The smallest absolute Gasteiger partial charge is 0.348 e. The number of fused-ring (bicyclic) bond motifs is 1. The number of rotatable bonds is 3. The van der Waals surface area contributed by atoms with Crippen molar-refractivity contribution in [3.8, 4) is 0 Å². The highest BCUT2D eigenvalue weighted by Crippen LogP contribution is 2.27. The molecule has 0 spiro atoms. The van der Waals surface area contributed by atoms with Gasteiger partial charge in [-0.25, -0.2) is 4.79 Å². The Hall–Kier alpha value is -2.65. The Balaban J connectivity index is 1.40. The van der Waals surface area contributed by atoms with Gasteiger partial charge in [0.15, 0.2) is 0 Å². The van der Waals surface area contributed by atoms with E-state index >= 15 is 0 Å². The summed E-state index contributed by atoms with van der Waals surface area (Å²) in [5, 5.41) is 4.45. The van der Waals surface area contributed by atoms with Crippen LogP contribution >= 0.6 is 0 Å². The minimum absolute atomic E-state index is 0.286. The molecular weight excluding hydrogens is 396 g/mol. The lowest BCUT2D eigenvalue weighted by atomic mass is 10.0. The molecule has 2 aromatic rings. The van der Waals surface area contributed by atoms with E-state index in [4.69, 9.17) is 0 Å². The number of nitrogens with one attached hydrogen (secondary N) is 1. The Labute approximate surface area is 181 Å². The van der Waals surface area contributed by atoms with E-state index in [1.54, 1.807) is 7.05 Å². The Morgan fingerprint density at radius 2 is 1.58 bits per heavy atom. The second-order valence-electron chi connectivity index (χ2n) is 8.78. The van der Waals surface area contributed by atoms with Crippen LogP contribution in [0.5, 0.6) is 0 Å². The highest BCUT2D eigenvalue weighted by Gasteiger charge is 2.31. The van der Waals surface area contributed by atoms with Crippen molar-refractivity contribution in [2.45, 2.75) is 38.1 Å². The molecule has 3 aliphatic heterocycles. The number of nitrogens with zero attached hydrogens (tertiary/aromatic N) is 5. The van der Waals surface area contributed by atoms with Crippen molar-refractivity contribution in [2.75, 3.05) is 49.2 Å². The van der Waals surface area contributed by atoms with E-state index < -0.39 is 0 Å². The molecular formula is C22H30N6O3. The quantitative estimate of drug-likeness (QED) is 0.715. The number of piperazine rings is 1. The van der Waals surface area contributed by atoms with Gasteiger partial charge in [0.2, 0.25) is 11.8 Å². The Morgan fingerprint density at radius 1 is 0.903 bits per heavy atom. The molecule has 31 heavy (non-hydrogen) atoms. The van der Waals surface area contributed by atoms with Crippen LogP contribution in [0.25, 0.3) is 11.0 Å². The van der Waals surface area contributed by atoms with E-state index in [0.29, 0.717) is 18.0 Å². The summed E-state index contributed by atoms with van der Waals surface area (Å²) >= 11 is 0. The SMILES string of the molecule is Cn1c(=O)n(N2C(=O)CCCC2=O)c2ccc(N3CCC(N4CCNCC4)CC3)cc21. The first kappa shape index (κ1) is 20.3. The summed E-state index contributed by atoms with van der Waals surface area (Å²) in [6, 6.07) is 6.52. The third-order valence-electron chi connectivity index (χ3n) is 6.97. The molecule has 9 heteroatoms. The first-order valence-corrected chi connectivity index (χ1v) is 11.3. The zero-order valence-electron chi connectivity index (χ0n) is 18.0. The van der Waals surface area contributed by atoms with Crippen LogP contribution in [0.3, 0.4) is 0 Å². The van der Waals surface area contributed by atoms with Crippen molar-refractivity contribution in [1.29, 1.82) is 0 Å². The van der Waals surface area contributed by atoms with Gasteiger partial charge in [0.05, 0.1) is 11.0 Å². The summed E-state index contributed by atoms with van der Waals surface area (Å²) in [7, 11) is 1.69. The average molecular weight is 427 g/mol. The highest BCUT2D eigenvalue weighted by molar-refractivity contribution is 6.11. The zero-order valence-corrected chi connectivity index (χ0v) is 18.0. The summed E-state index contributed by atoms with van der Waals surface area (Å²) in [6.45, 7) is 6.37. The lowest BCUT2D eigenvalue weighted by Crippen LogP contribution is -2.52. The van der Waals surface area contributed by atoms with E-state index in [2.05, 4.69) is 15.1 Å². The molecule has 2 amide bonds.